The molecule has 1 aliphatic rings. The van der Waals surface area contributed by atoms with Crippen molar-refractivity contribution in [2.45, 2.75) is 18.6 Å². The summed E-state index contributed by atoms with van der Waals surface area (Å²) in [5.41, 5.74) is 8.76. The summed E-state index contributed by atoms with van der Waals surface area (Å²) in [4.78, 5) is 6.59. The summed E-state index contributed by atoms with van der Waals surface area (Å²) in [5, 5.41) is 23.6. The fraction of sp³-hybridized carbons (Fsp3) is 0.316. The predicted molar refractivity (Wildman–Crippen MR) is 115 cm³/mol. The van der Waals surface area contributed by atoms with Gasteiger partial charge in [0, 0.05) is 36.5 Å². The highest BCUT2D eigenvalue weighted by Gasteiger charge is 2.25. The summed E-state index contributed by atoms with van der Waals surface area (Å²) in [6.07, 6.45) is 5.21. The van der Waals surface area contributed by atoms with Crippen LogP contribution in [0.15, 0.2) is 36.8 Å². The number of methoxy groups -OCH3 is 1. The van der Waals surface area contributed by atoms with Gasteiger partial charge in [0.1, 0.15) is 17.6 Å². The zero-order chi connectivity index (χ0) is 19.0. The minimum atomic E-state index is -0.553. The first-order valence-corrected chi connectivity index (χ1v) is 8.71. The van der Waals surface area contributed by atoms with Crippen LogP contribution < -0.4 is 15.4 Å². The molecule has 0 saturated carbocycles. The molecule has 2 atom stereocenters. The van der Waals surface area contributed by atoms with Crippen molar-refractivity contribution < 1.29 is 9.84 Å². The summed E-state index contributed by atoms with van der Waals surface area (Å²) >= 11 is 0. The number of aromatic nitrogens is 3. The van der Waals surface area contributed by atoms with Crippen molar-refractivity contribution in [2.24, 2.45) is 5.73 Å². The van der Waals surface area contributed by atoms with Crippen LogP contribution in [0.2, 0.25) is 0 Å². The average Bonchev–Trinajstić information content (AvgIpc) is 3.12. The quantitative estimate of drug-likeness (QED) is 0.645. The van der Waals surface area contributed by atoms with Crippen molar-refractivity contribution in [3.63, 3.8) is 0 Å². The van der Waals surface area contributed by atoms with Gasteiger partial charge >= 0.3 is 0 Å². The molecule has 1 fully saturated rings. The van der Waals surface area contributed by atoms with Crippen molar-refractivity contribution >= 4 is 36.1 Å². The number of β-amino-alcohol motifs (C(OH)–C–C–N with tert-alkyl or cyclic N) is 1. The number of nitriles is 1. The summed E-state index contributed by atoms with van der Waals surface area (Å²) in [6, 6.07) is 7.73. The van der Waals surface area contributed by atoms with Crippen molar-refractivity contribution in [2.75, 3.05) is 25.1 Å². The molecular weight excluding hydrogens is 415 g/mol. The molecule has 4 heterocycles. The number of ether oxygens (including phenoxy) is 1. The number of nitrogens with zero attached hydrogens (tertiary/aromatic N) is 5. The smallest absolute Gasteiger partial charge is 0.137 e. The minimum Gasteiger partial charge on any atom is -0.495 e. The lowest BCUT2D eigenvalue weighted by Crippen LogP contribution is -2.50. The van der Waals surface area contributed by atoms with E-state index in [4.69, 9.17) is 10.5 Å². The van der Waals surface area contributed by atoms with Crippen molar-refractivity contribution in [3.05, 3.63) is 42.4 Å². The topological polar surface area (TPSA) is 113 Å². The number of nitrogens with two attached hydrogens (primary N) is 1. The Labute approximate surface area is 180 Å². The molecule has 3 N–H and O–H groups in total. The van der Waals surface area contributed by atoms with Crippen molar-refractivity contribution in [1.29, 1.82) is 5.26 Å². The van der Waals surface area contributed by atoms with Gasteiger partial charge in [-0.25, -0.2) is 9.50 Å². The fourth-order valence-electron chi connectivity index (χ4n) is 3.40. The molecule has 3 aromatic rings. The number of hydrogen-bond donors (Lipinski definition) is 2. The number of anilines is 1. The van der Waals surface area contributed by atoms with Crippen LogP contribution in [0, 0.1) is 11.3 Å². The van der Waals surface area contributed by atoms with Crippen LogP contribution >= 0.6 is 24.8 Å². The Kier molecular flexibility index (Phi) is 7.27. The lowest BCUT2D eigenvalue weighted by Gasteiger charge is -2.34. The SMILES string of the molecule is COc1cc(-c2ccc(N3CC[C@H](N)[C@@H](O)C3)nc2)c2c(C#N)cnn2c1.Cl.Cl. The molecule has 0 radical (unpaired) electrons. The molecule has 0 spiro atoms. The van der Waals surface area contributed by atoms with E-state index in [0.717, 1.165) is 29.9 Å². The molecule has 0 unspecified atom stereocenters. The maximum absolute atomic E-state index is 10.0. The molecule has 0 bridgehead atoms. The molecule has 8 nitrogen and oxygen atoms in total. The lowest BCUT2D eigenvalue weighted by atomic mass is 10.0. The normalized spacial score (nSPS) is 18.5. The van der Waals surface area contributed by atoms with Gasteiger partial charge < -0.3 is 20.5 Å². The standard InChI is InChI=1S/C19H20N6O2.2ClH/c1-27-14-6-15(19-13(7-20)9-23-25(19)10-14)12-2-3-18(22-8-12)24-5-4-16(21)17(26)11-24;;/h2-3,6,8-10,16-17,26H,4-5,11,21H2,1H3;2*1H/t16-,17-;;/m0../s1. The molecule has 0 aromatic carbocycles. The largest absolute Gasteiger partial charge is 0.495 e. The molecule has 154 valence electrons. The Morgan fingerprint density at radius 1 is 1.31 bits per heavy atom. The van der Waals surface area contributed by atoms with Crippen LogP contribution in [0.1, 0.15) is 12.0 Å². The molecule has 0 aliphatic carbocycles. The Morgan fingerprint density at radius 2 is 2.10 bits per heavy atom. The van der Waals surface area contributed by atoms with Crippen LogP contribution in [-0.4, -0.2) is 52.0 Å². The lowest BCUT2D eigenvalue weighted by molar-refractivity contribution is 0.131. The van der Waals surface area contributed by atoms with E-state index < -0.39 is 6.10 Å². The number of pyridine rings is 2. The number of fused-ring (bicyclic) bond motifs is 1. The zero-order valence-corrected chi connectivity index (χ0v) is 17.4. The molecule has 1 aliphatic heterocycles. The number of aliphatic hydroxyl groups is 1. The van der Waals surface area contributed by atoms with Gasteiger partial charge in [-0.15, -0.1) is 24.8 Å². The van der Waals surface area contributed by atoms with Crippen LogP contribution in [0.3, 0.4) is 0 Å². The molecule has 3 aromatic heterocycles. The van der Waals surface area contributed by atoms with Gasteiger partial charge in [-0.2, -0.15) is 10.4 Å². The van der Waals surface area contributed by atoms with E-state index in [-0.39, 0.29) is 30.9 Å². The first-order chi connectivity index (χ1) is 13.1. The Morgan fingerprint density at radius 3 is 2.72 bits per heavy atom. The number of piperidine rings is 1. The highest BCUT2D eigenvalue weighted by Crippen LogP contribution is 2.31. The first-order valence-electron chi connectivity index (χ1n) is 8.71. The molecule has 29 heavy (non-hydrogen) atoms. The maximum atomic E-state index is 10.0. The van der Waals surface area contributed by atoms with Crippen LogP contribution in [0.5, 0.6) is 5.75 Å². The van der Waals surface area contributed by atoms with Gasteiger partial charge in [0.15, 0.2) is 0 Å². The van der Waals surface area contributed by atoms with Gasteiger partial charge in [-0.05, 0) is 24.6 Å². The van der Waals surface area contributed by atoms with E-state index in [1.54, 1.807) is 30.2 Å². The van der Waals surface area contributed by atoms with E-state index >= 15 is 0 Å². The van der Waals surface area contributed by atoms with Crippen LogP contribution in [-0.2, 0) is 0 Å². The number of halogens is 2. The maximum Gasteiger partial charge on any atom is 0.137 e. The number of rotatable bonds is 3. The Hall–Kier alpha value is -2.57. The van der Waals surface area contributed by atoms with Gasteiger partial charge in [0.05, 0.1) is 36.7 Å². The average molecular weight is 437 g/mol. The monoisotopic (exact) mass is 436 g/mol. The molecule has 10 heteroatoms. The van der Waals surface area contributed by atoms with E-state index in [2.05, 4.69) is 16.2 Å². The molecule has 4 rings (SSSR count). The van der Waals surface area contributed by atoms with Crippen molar-refractivity contribution in [3.8, 4) is 22.9 Å². The minimum absolute atomic E-state index is 0. The third kappa shape index (κ3) is 4.23. The van der Waals surface area contributed by atoms with Gasteiger partial charge in [-0.3, -0.25) is 0 Å². The highest BCUT2D eigenvalue weighted by atomic mass is 35.5. The van der Waals surface area contributed by atoms with Gasteiger partial charge in [0.2, 0.25) is 0 Å². The highest BCUT2D eigenvalue weighted by molar-refractivity contribution is 5.86. The van der Waals surface area contributed by atoms with Crippen LogP contribution in [0.4, 0.5) is 5.82 Å². The third-order valence-electron chi connectivity index (χ3n) is 4.96. The summed E-state index contributed by atoms with van der Waals surface area (Å²) in [7, 11) is 1.59. The van der Waals surface area contributed by atoms with Crippen LogP contribution in [0.25, 0.3) is 16.6 Å². The van der Waals surface area contributed by atoms with E-state index in [0.29, 0.717) is 23.4 Å². The van der Waals surface area contributed by atoms with E-state index in [1.807, 2.05) is 23.1 Å². The van der Waals surface area contributed by atoms with E-state index in [1.165, 1.54) is 0 Å². The molecule has 0 amide bonds. The second-order valence-electron chi connectivity index (χ2n) is 6.63. The second-order valence-corrected chi connectivity index (χ2v) is 6.63. The fourth-order valence-corrected chi connectivity index (χ4v) is 3.40. The number of aliphatic hydroxyl groups excluding tert-OH is 1. The summed E-state index contributed by atoms with van der Waals surface area (Å²) in [5.74, 6) is 1.43. The van der Waals surface area contributed by atoms with Gasteiger partial charge in [-0.1, -0.05) is 0 Å². The van der Waals surface area contributed by atoms with E-state index in [9.17, 15) is 10.4 Å². The number of hydrogen-bond acceptors (Lipinski definition) is 7. The van der Waals surface area contributed by atoms with Crippen molar-refractivity contribution in [1.82, 2.24) is 14.6 Å². The van der Waals surface area contributed by atoms with Gasteiger partial charge in [0.25, 0.3) is 0 Å². The predicted octanol–water partition coefficient (Wildman–Crippen LogP) is 2.02. The molecule has 1 saturated heterocycles. The first kappa shape index (κ1) is 22.7. The zero-order valence-electron chi connectivity index (χ0n) is 15.7. The summed E-state index contributed by atoms with van der Waals surface area (Å²) in [6.45, 7) is 1.23. The molecular formula is C19H22Cl2N6O2. The Bertz CT molecular complexity index is 1020. The second kappa shape index (κ2) is 9.29. The third-order valence-corrected chi connectivity index (χ3v) is 4.96. The Balaban J connectivity index is 0.00000150. The summed E-state index contributed by atoms with van der Waals surface area (Å²) < 4.78 is 7.00.